The molecule has 74 valence electrons. The van der Waals surface area contributed by atoms with Crippen molar-refractivity contribution in [2.75, 3.05) is 5.32 Å². The van der Waals surface area contributed by atoms with Crippen LogP contribution in [0.2, 0.25) is 5.02 Å². The summed E-state index contributed by atoms with van der Waals surface area (Å²) in [4.78, 5) is 0. The lowest BCUT2D eigenvalue weighted by atomic mass is 10.2. The molecule has 1 unspecified atom stereocenters. The normalized spacial score (nSPS) is 11.9. The Morgan fingerprint density at radius 3 is 2.86 bits per heavy atom. The Morgan fingerprint density at radius 1 is 1.64 bits per heavy atom. The van der Waals surface area contributed by atoms with Crippen LogP contribution >= 0.6 is 34.2 Å². The molecule has 2 nitrogen and oxygen atoms in total. The van der Waals surface area contributed by atoms with Gasteiger partial charge in [-0.25, -0.2) is 0 Å². The molecule has 0 saturated heterocycles. The van der Waals surface area contributed by atoms with Crippen LogP contribution in [0.4, 0.5) is 5.69 Å². The number of nitrogens with one attached hydrogen (secondary N) is 1. The molecular weight excluding hydrogens is 310 g/mol. The van der Waals surface area contributed by atoms with E-state index in [1.54, 1.807) is 0 Å². The van der Waals surface area contributed by atoms with Gasteiger partial charge in [-0.1, -0.05) is 18.5 Å². The largest absolute Gasteiger partial charge is 0.369 e. The van der Waals surface area contributed by atoms with Crippen LogP contribution in [0.15, 0.2) is 18.2 Å². The quantitative estimate of drug-likeness (QED) is 0.863. The molecule has 0 heterocycles. The van der Waals surface area contributed by atoms with Gasteiger partial charge in [0.2, 0.25) is 0 Å². The van der Waals surface area contributed by atoms with E-state index in [4.69, 9.17) is 16.9 Å². The van der Waals surface area contributed by atoms with Gasteiger partial charge in [0, 0.05) is 14.3 Å². The zero-order valence-corrected chi connectivity index (χ0v) is 10.6. The fraction of sp³-hybridized carbons (Fsp3) is 0.300. The van der Waals surface area contributed by atoms with E-state index in [1.165, 1.54) is 0 Å². The van der Waals surface area contributed by atoms with Crippen LogP contribution in [0.1, 0.15) is 13.3 Å². The number of benzene rings is 1. The molecule has 14 heavy (non-hydrogen) atoms. The topological polar surface area (TPSA) is 35.8 Å². The summed E-state index contributed by atoms with van der Waals surface area (Å²) in [7, 11) is 0. The number of hydrogen-bond acceptors (Lipinski definition) is 2. The summed E-state index contributed by atoms with van der Waals surface area (Å²) in [5.74, 6) is 0. The number of hydrogen-bond donors (Lipinski definition) is 1. The first-order valence-corrected chi connectivity index (χ1v) is 5.74. The molecule has 0 aliphatic heterocycles. The van der Waals surface area contributed by atoms with Gasteiger partial charge < -0.3 is 5.32 Å². The molecule has 0 fully saturated rings. The Balaban J connectivity index is 2.82. The Bertz CT molecular complexity index is 360. The van der Waals surface area contributed by atoms with Gasteiger partial charge in [-0.15, -0.1) is 0 Å². The molecule has 0 aliphatic rings. The molecule has 4 heteroatoms. The maximum absolute atomic E-state index is 8.79. The van der Waals surface area contributed by atoms with Crippen molar-refractivity contribution in [2.45, 2.75) is 19.4 Å². The first kappa shape index (κ1) is 11.6. The smallest absolute Gasteiger partial charge is 0.114 e. The van der Waals surface area contributed by atoms with Crippen LogP contribution < -0.4 is 5.32 Å². The van der Waals surface area contributed by atoms with E-state index >= 15 is 0 Å². The summed E-state index contributed by atoms with van der Waals surface area (Å²) in [5.41, 5.74) is 0.961. The SMILES string of the molecule is CCC(C#N)Nc1ccc(Cl)cc1I. The van der Waals surface area contributed by atoms with Crippen molar-refractivity contribution in [3.05, 3.63) is 26.8 Å². The summed E-state index contributed by atoms with van der Waals surface area (Å²) >= 11 is 8.02. The third-order valence-corrected chi connectivity index (χ3v) is 2.95. The highest BCUT2D eigenvalue weighted by Crippen LogP contribution is 2.23. The van der Waals surface area contributed by atoms with Gasteiger partial charge in [-0.2, -0.15) is 5.26 Å². The summed E-state index contributed by atoms with van der Waals surface area (Å²) in [6.07, 6.45) is 0.787. The second-order valence-electron chi connectivity index (χ2n) is 2.86. The standard InChI is InChI=1S/C10H10ClIN2/c1-2-8(6-13)14-10-4-3-7(11)5-9(10)12/h3-5,8,14H,2H2,1H3. The van der Waals surface area contributed by atoms with Crippen molar-refractivity contribution >= 4 is 39.9 Å². The maximum Gasteiger partial charge on any atom is 0.114 e. The van der Waals surface area contributed by atoms with E-state index < -0.39 is 0 Å². The van der Waals surface area contributed by atoms with Crippen molar-refractivity contribution in [2.24, 2.45) is 0 Å². The molecular formula is C10H10ClIN2. The van der Waals surface area contributed by atoms with Crippen molar-refractivity contribution in [3.8, 4) is 6.07 Å². The Hall–Kier alpha value is -0.470. The third-order valence-electron chi connectivity index (χ3n) is 1.82. The fourth-order valence-corrected chi connectivity index (χ4v) is 2.05. The highest BCUT2D eigenvalue weighted by molar-refractivity contribution is 14.1. The van der Waals surface area contributed by atoms with Crippen molar-refractivity contribution in [1.29, 1.82) is 5.26 Å². The summed E-state index contributed by atoms with van der Waals surface area (Å²) in [5, 5.41) is 12.7. The van der Waals surface area contributed by atoms with Gasteiger partial charge >= 0.3 is 0 Å². The monoisotopic (exact) mass is 320 g/mol. The van der Waals surface area contributed by atoms with E-state index in [-0.39, 0.29) is 6.04 Å². The lowest BCUT2D eigenvalue weighted by Gasteiger charge is -2.12. The van der Waals surface area contributed by atoms with E-state index in [0.717, 1.165) is 15.7 Å². The van der Waals surface area contributed by atoms with E-state index in [2.05, 4.69) is 34.0 Å². The van der Waals surface area contributed by atoms with E-state index in [1.807, 2.05) is 25.1 Å². The zero-order valence-electron chi connectivity index (χ0n) is 7.72. The first-order valence-electron chi connectivity index (χ1n) is 4.28. The number of halogens is 2. The molecule has 1 atom stereocenters. The van der Waals surface area contributed by atoms with Crippen LogP contribution in [0.5, 0.6) is 0 Å². The van der Waals surface area contributed by atoms with Crippen LogP contribution in [-0.2, 0) is 0 Å². The fourth-order valence-electron chi connectivity index (χ4n) is 1.02. The molecule has 0 saturated carbocycles. The lowest BCUT2D eigenvalue weighted by Crippen LogP contribution is -2.16. The zero-order chi connectivity index (χ0) is 10.6. The van der Waals surface area contributed by atoms with Crippen LogP contribution in [0.25, 0.3) is 0 Å². The predicted octanol–water partition coefficient (Wildman–Crippen LogP) is 3.66. The molecule has 0 aromatic heterocycles. The molecule has 0 amide bonds. The van der Waals surface area contributed by atoms with Crippen molar-refractivity contribution < 1.29 is 0 Å². The van der Waals surface area contributed by atoms with Gasteiger partial charge in [0.25, 0.3) is 0 Å². The minimum absolute atomic E-state index is 0.135. The minimum atomic E-state index is -0.135. The molecule has 0 aliphatic carbocycles. The Kier molecular flexibility index (Phi) is 4.49. The average Bonchev–Trinajstić information content (AvgIpc) is 2.17. The Morgan fingerprint density at radius 2 is 2.36 bits per heavy atom. The molecule has 1 N–H and O–H groups in total. The Labute approximate surface area is 102 Å². The summed E-state index contributed by atoms with van der Waals surface area (Å²) in [6.45, 7) is 1.98. The average molecular weight is 321 g/mol. The number of anilines is 1. The van der Waals surface area contributed by atoms with Gasteiger partial charge in [0.1, 0.15) is 6.04 Å². The van der Waals surface area contributed by atoms with Crippen LogP contribution in [0.3, 0.4) is 0 Å². The predicted molar refractivity (Wildman–Crippen MR) is 67.5 cm³/mol. The highest BCUT2D eigenvalue weighted by atomic mass is 127. The summed E-state index contributed by atoms with van der Waals surface area (Å²) < 4.78 is 1.03. The number of rotatable bonds is 3. The van der Waals surface area contributed by atoms with Crippen LogP contribution in [0, 0.1) is 14.9 Å². The van der Waals surface area contributed by atoms with Gasteiger partial charge in [0.15, 0.2) is 0 Å². The van der Waals surface area contributed by atoms with Crippen LogP contribution in [-0.4, -0.2) is 6.04 Å². The van der Waals surface area contributed by atoms with Gasteiger partial charge in [-0.3, -0.25) is 0 Å². The molecule has 0 radical (unpaired) electrons. The van der Waals surface area contributed by atoms with E-state index in [9.17, 15) is 0 Å². The van der Waals surface area contributed by atoms with Crippen molar-refractivity contribution in [3.63, 3.8) is 0 Å². The van der Waals surface area contributed by atoms with Gasteiger partial charge in [-0.05, 0) is 47.2 Å². The second-order valence-corrected chi connectivity index (χ2v) is 4.46. The summed E-state index contributed by atoms with van der Waals surface area (Å²) in [6, 6.07) is 7.64. The first-order chi connectivity index (χ1) is 6.67. The van der Waals surface area contributed by atoms with Crippen molar-refractivity contribution in [1.82, 2.24) is 0 Å². The second kappa shape index (κ2) is 5.42. The highest BCUT2D eigenvalue weighted by Gasteiger charge is 2.06. The molecule has 0 bridgehead atoms. The van der Waals surface area contributed by atoms with Gasteiger partial charge in [0.05, 0.1) is 6.07 Å². The minimum Gasteiger partial charge on any atom is -0.369 e. The molecule has 1 rings (SSSR count). The molecule has 0 spiro atoms. The third kappa shape index (κ3) is 3.03. The molecule has 1 aromatic carbocycles. The number of nitrogens with zero attached hydrogens (tertiary/aromatic N) is 1. The van der Waals surface area contributed by atoms with E-state index in [0.29, 0.717) is 5.02 Å². The number of nitriles is 1. The maximum atomic E-state index is 8.79. The lowest BCUT2D eigenvalue weighted by molar-refractivity contribution is 0.844. The molecule has 1 aromatic rings.